The molecule has 0 aliphatic rings. The molecular formula is C15H14O5P-. The molecule has 2 aromatic carbocycles. The number of ether oxygens (including phenoxy) is 1. The lowest BCUT2D eigenvalue weighted by atomic mass is 10.2. The lowest BCUT2D eigenvalue weighted by Crippen LogP contribution is -2.15. The van der Waals surface area contributed by atoms with Crippen molar-refractivity contribution < 1.29 is 23.5 Å². The van der Waals surface area contributed by atoms with Crippen molar-refractivity contribution >= 4 is 13.3 Å². The third kappa shape index (κ3) is 4.83. The number of carbonyl (C=O) groups is 1. The fourth-order valence-corrected chi connectivity index (χ4v) is 2.23. The maximum absolute atomic E-state index is 11.7. The molecule has 0 amide bonds. The number of benzene rings is 2. The Labute approximate surface area is 122 Å². The summed E-state index contributed by atoms with van der Waals surface area (Å²) in [5, 5.41) is 0. The largest absolute Gasteiger partial charge is 0.770 e. The van der Waals surface area contributed by atoms with E-state index in [2.05, 4.69) is 0 Å². The lowest BCUT2D eigenvalue weighted by Gasteiger charge is -2.21. The minimum atomic E-state index is -4.70. The zero-order valence-corrected chi connectivity index (χ0v) is 12.1. The van der Waals surface area contributed by atoms with E-state index in [-0.39, 0.29) is 13.2 Å². The SMILES string of the molecule is O=C(OCc1ccccc1)P(=O)([O-])OCc1ccccc1. The van der Waals surface area contributed by atoms with Crippen molar-refractivity contribution in [3.05, 3.63) is 71.8 Å². The Morgan fingerprint density at radius 3 is 1.90 bits per heavy atom. The molecule has 1 atom stereocenters. The Hall–Kier alpha value is -1.94. The summed E-state index contributed by atoms with van der Waals surface area (Å²) in [6, 6.07) is 17.5. The van der Waals surface area contributed by atoms with E-state index in [9.17, 15) is 14.3 Å². The van der Waals surface area contributed by atoms with E-state index in [1.54, 1.807) is 54.6 Å². The summed E-state index contributed by atoms with van der Waals surface area (Å²) in [4.78, 5) is 23.2. The molecule has 0 aromatic heterocycles. The summed E-state index contributed by atoms with van der Waals surface area (Å²) in [5.41, 5.74) is 0.000581. The van der Waals surface area contributed by atoms with Gasteiger partial charge in [0.2, 0.25) is 7.60 Å². The van der Waals surface area contributed by atoms with Crippen molar-refractivity contribution in [2.75, 3.05) is 0 Å². The Bertz CT molecular complexity index is 627. The highest BCUT2D eigenvalue weighted by Crippen LogP contribution is 2.40. The molecule has 0 bridgehead atoms. The van der Waals surface area contributed by atoms with Crippen LogP contribution in [0.2, 0.25) is 0 Å². The molecule has 0 radical (unpaired) electrons. The Morgan fingerprint density at radius 2 is 1.38 bits per heavy atom. The summed E-state index contributed by atoms with van der Waals surface area (Å²) in [6.07, 6.45) is 0. The maximum atomic E-state index is 11.7. The highest BCUT2D eigenvalue weighted by atomic mass is 31.2. The van der Waals surface area contributed by atoms with Gasteiger partial charge in [0.25, 0.3) is 0 Å². The topological polar surface area (TPSA) is 75.7 Å². The summed E-state index contributed by atoms with van der Waals surface area (Å²) in [7, 11) is -4.70. The quantitative estimate of drug-likeness (QED) is 0.766. The van der Waals surface area contributed by atoms with Gasteiger partial charge in [-0.3, -0.25) is 4.57 Å². The first-order valence-electron chi connectivity index (χ1n) is 6.29. The Balaban J connectivity index is 1.87. The van der Waals surface area contributed by atoms with Crippen molar-refractivity contribution in [3.63, 3.8) is 0 Å². The molecule has 0 aliphatic heterocycles. The first-order valence-corrected chi connectivity index (χ1v) is 7.83. The molecule has 5 nitrogen and oxygen atoms in total. The maximum Gasteiger partial charge on any atom is 0.377 e. The standard InChI is InChI=1S/C15H15O5P/c16-15(19-11-13-7-3-1-4-8-13)21(17,18)20-12-14-9-5-2-6-10-14/h1-10H,11-12H2,(H,17,18)/p-1. The van der Waals surface area contributed by atoms with E-state index < -0.39 is 13.3 Å². The molecule has 110 valence electrons. The number of carbonyl (C=O) groups excluding carboxylic acids is 1. The molecular weight excluding hydrogens is 291 g/mol. The predicted octanol–water partition coefficient (Wildman–Crippen LogP) is 3.09. The van der Waals surface area contributed by atoms with Gasteiger partial charge in [-0.15, -0.1) is 0 Å². The summed E-state index contributed by atoms with van der Waals surface area (Å²) >= 11 is 0. The number of hydrogen-bond acceptors (Lipinski definition) is 5. The van der Waals surface area contributed by atoms with Gasteiger partial charge in [-0.25, -0.2) is 4.79 Å². The molecule has 2 rings (SSSR count). The second-order valence-corrected chi connectivity index (χ2v) is 5.91. The van der Waals surface area contributed by atoms with Gasteiger partial charge >= 0.3 is 5.71 Å². The minimum absolute atomic E-state index is 0.111. The van der Waals surface area contributed by atoms with Gasteiger partial charge in [0.15, 0.2) is 0 Å². The average Bonchev–Trinajstić information content (AvgIpc) is 2.52. The smallest absolute Gasteiger partial charge is 0.377 e. The second-order valence-electron chi connectivity index (χ2n) is 4.30. The zero-order chi connectivity index (χ0) is 15.1. The van der Waals surface area contributed by atoms with Crippen LogP contribution in [0.15, 0.2) is 60.7 Å². The minimum Gasteiger partial charge on any atom is -0.770 e. The van der Waals surface area contributed by atoms with Crippen LogP contribution in [-0.2, 0) is 27.0 Å². The average molecular weight is 305 g/mol. The van der Waals surface area contributed by atoms with E-state index >= 15 is 0 Å². The summed E-state index contributed by atoms with van der Waals surface area (Å²) < 4.78 is 21.1. The molecule has 0 aliphatic carbocycles. The molecule has 0 saturated carbocycles. The van der Waals surface area contributed by atoms with Gasteiger partial charge in [0.05, 0.1) is 6.61 Å². The molecule has 0 N–H and O–H groups in total. The van der Waals surface area contributed by atoms with Crippen molar-refractivity contribution in [2.24, 2.45) is 0 Å². The fourth-order valence-electron chi connectivity index (χ4n) is 1.58. The first kappa shape index (κ1) is 15.4. The molecule has 6 heteroatoms. The predicted molar refractivity (Wildman–Crippen MR) is 75.5 cm³/mol. The molecule has 0 spiro atoms. The van der Waals surface area contributed by atoms with Gasteiger partial charge < -0.3 is 14.2 Å². The van der Waals surface area contributed by atoms with Crippen LogP contribution in [0.4, 0.5) is 4.79 Å². The van der Waals surface area contributed by atoms with E-state index in [1.165, 1.54) is 0 Å². The third-order valence-corrected chi connectivity index (χ3v) is 3.72. The van der Waals surface area contributed by atoms with Crippen molar-refractivity contribution in [3.8, 4) is 0 Å². The van der Waals surface area contributed by atoms with Crippen LogP contribution in [0.3, 0.4) is 0 Å². The van der Waals surface area contributed by atoms with Crippen LogP contribution < -0.4 is 4.89 Å². The van der Waals surface area contributed by atoms with Crippen molar-refractivity contribution in [1.29, 1.82) is 0 Å². The molecule has 21 heavy (non-hydrogen) atoms. The van der Waals surface area contributed by atoms with Gasteiger partial charge in [-0.1, -0.05) is 60.7 Å². The first-order chi connectivity index (χ1) is 10.1. The summed E-state index contributed by atoms with van der Waals surface area (Å²) in [5.74, 6) is 0. The highest BCUT2D eigenvalue weighted by Gasteiger charge is 2.22. The second kappa shape index (κ2) is 7.18. The molecule has 0 saturated heterocycles. The van der Waals surface area contributed by atoms with Crippen LogP contribution in [0, 0.1) is 0 Å². The molecule has 2 aromatic rings. The van der Waals surface area contributed by atoms with Crippen molar-refractivity contribution in [1.82, 2.24) is 0 Å². The monoisotopic (exact) mass is 305 g/mol. The van der Waals surface area contributed by atoms with Gasteiger partial charge in [-0.2, -0.15) is 0 Å². The van der Waals surface area contributed by atoms with E-state index in [0.717, 1.165) is 0 Å². The van der Waals surface area contributed by atoms with Crippen LogP contribution in [0.25, 0.3) is 0 Å². The molecule has 0 heterocycles. The van der Waals surface area contributed by atoms with Crippen LogP contribution >= 0.6 is 7.60 Å². The Morgan fingerprint density at radius 1 is 0.905 bits per heavy atom. The summed E-state index contributed by atoms with van der Waals surface area (Å²) in [6.45, 7) is -0.303. The van der Waals surface area contributed by atoms with Crippen molar-refractivity contribution in [2.45, 2.75) is 13.2 Å². The Kier molecular flexibility index (Phi) is 5.28. The third-order valence-electron chi connectivity index (χ3n) is 2.67. The van der Waals surface area contributed by atoms with Gasteiger partial charge in [0.1, 0.15) is 6.61 Å². The number of hydrogen-bond donors (Lipinski definition) is 0. The normalized spacial score (nSPS) is 13.4. The van der Waals surface area contributed by atoms with Gasteiger partial charge in [-0.05, 0) is 11.1 Å². The number of rotatable bonds is 6. The van der Waals surface area contributed by atoms with Crippen LogP contribution in [0.1, 0.15) is 11.1 Å². The highest BCUT2D eigenvalue weighted by molar-refractivity contribution is 7.69. The van der Waals surface area contributed by atoms with E-state index in [0.29, 0.717) is 11.1 Å². The zero-order valence-electron chi connectivity index (χ0n) is 11.2. The van der Waals surface area contributed by atoms with Crippen LogP contribution in [0.5, 0.6) is 0 Å². The van der Waals surface area contributed by atoms with E-state index in [1.807, 2.05) is 6.07 Å². The molecule has 0 fully saturated rings. The fraction of sp³-hybridized carbons (Fsp3) is 0.133. The lowest BCUT2D eigenvalue weighted by molar-refractivity contribution is -0.196. The van der Waals surface area contributed by atoms with Gasteiger partial charge in [0, 0.05) is 0 Å². The van der Waals surface area contributed by atoms with E-state index in [4.69, 9.17) is 9.26 Å². The molecule has 1 unspecified atom stereocenters. The van der Waals surface area contributed by atoms with Crippen LogP contribution in [-0.4, -0.2) is 5.71 Å².